The summed E-state index contributed by atoms with van der Waals surface area (Å²) < 4.78 is 5.15. The van der Waals surface area contributed by atoms with E-state index in [0.29, 0.717) is 13.0 Å². The van der Waals surface area contributed by atoms with Crippen LogP contribution in [0.5, 0.6) is 0 Å². The van der Waals surface area contributed by atoms with E-state index in [0.717, 1.165) is 32.1 Å². The van der Waals surface area contributed by atoms with Gasteiger partial charge in [-0.15, -0.1) is 0 Å². The van der Waals surface area contributed by atoms with Gasteiger partial charge in [-0.3, -0.25) is 14.5 Å². The normalized spacial score (nSPS) is 26.2. The molecule has 0 bridgehead atoms. The van der Waals surface area contributed by atoms with Crippen LogP contribution in [0.3, 0.4) is 0 Å². The Hall–Kier alpha value is -0.940. The van der Waals surface area contributed by atoms with E-state index >= 15 is 0 Å². The summed E-state index contributed by atoms with van der Waals surface area (Å²) in [5.74, 6) is -0.0295. The third-order valence-electron chi connectivity index (χ3n) is 4.67. The highest BCUT2D eigenvalue weighted by Gasteiger charge is 2.42. The monoisotopic (exact) mass is 296 g/mol. The van der Waals surface area contributed by atoms with Crippen molar-refractivity contribution in [3.63, 3.8) is 0 Å². The Bertz CT molecular complexity index is 365. The first-order valence-electron chi connectivity index (χ1n) is 8.28. The van der Waals surface area contributed by atoms with E-state index in [2.05, 4.69) is 12.2 Å². The molecule has 0 spiro atoms. The van der Waals surface area contributed by atoms with Crippen molar-refractivity contribution in [1.29, 1.82) is 0 Å². The van der Waals surface area contributed by atoms with Gasteiger partial charge in [-0.25, -0.2) is 0 Å². The summed E-state index contributed by atoms with van der Waals surface area (Å²) in [4.78, 5) is 26.4. The molecule has 120 valence electrons. The number of ether oxygens (including phenoxy) is 1. The lowest BCUT2D eigenvalue weighted by Crippen LogP contribution is -2.47. The maximum atomic E-state index is 12.6. The fourth-order valence-electron chi connectivity index (χ4n) is 3.45. The number of nitrogens with zero attached hydrogens (tertiary/aromatic N) is 1. The Balaban J connectivity index is 1.98. The van der Waals surface area contributed by atoms with E-state index in [1.807, 2.05) is 0 Å². The standard InChI is InChI=1S/C16H28N2O3/c1-3-12(11-21-2)17-14-10-15(19)18(16(14)20)13-8-6-4-5-7-9-13/h12-14,17H,3-11H2,1-2H3. The highest BCUT2D eigenvalue weighted by molar-refractivity contribution is 6.05. The Morgan fingerprint density at radius 2 is 1.90 bits per heavy atom. The van der Waals surface area contributed by atoms with Crippen LogP contribution in [0.25, 0.3) is 0 Å². The molecule has 1 saturated carbocycles. The summed E-state index contributed by atoms with van der Waals surface area (Å²) in [7, 11) is 1.66. The minimum Gasteiger partial charge on any atom is -0.383 e. The summed E-state index contributed by atoms with van der Waals surface area (Å²) in [6, 6.07) is -0.103. The number of carbonyl (C=O) groups excluding carboxylic acids is 2. The number of likely N-dealkylation sites (tertiary alicyclic amines) is 1. The number of rotatable bonds is 6. The smallest absolute Gasteiger partial charge is 0.247 e. The average molecular weight is 296 g/mol. The molecule has 2 fully saturated rings. The van der Waals surface area contributed by atoms with Crippen LogP contribution in [0.2, 0.25) is 0 Å². The first-order valence-corrected chi connectivity index (χ1v) is 8.28. The van der Waals surface area contributed by atoms with Crippen LogP contribution in [0.4, 0.5) is 0 Å². The second-order valence-electron chi connectivity index (χ2n) is 6.23. The molecule has 2 unspecified atom stereocenters. The number of hydrogen-bond donors (Lipinski definition) is 1. The second kappa shape index (κ2) is 7.90. The average Bonchev–Trinajstić information content (AvgIpc) is 2.67. The van der Waals surface area contributed by atoms with Gasteiger partial charge >= 0.3 is 0 Å². The van der Waals surface area contributed by atoms with Gasteiger partial charge < -0.3 is 10.1 Å². The lowest BCUT2D eigenvalue weighted by Gasteiger charge is -2.26. The first-order chi connectivity index (χ1) is 10.2. The van der Waals surface area contributed by atoms with Gasteiger partial charge in [0.2, 0.25) is 11.8 Å². The summed E-state index contributed by atoms with van der Waals surface area (Å²) in [5, 5.41) is 3.29. The summed E-state index contributed by atoms with van der Waals surface area (Å²) in [5.41, 5.74) is 0. The van der Waals surface area contributed by atoms with Gasteiger partial charge in [-0.1, -0.05) is 32.6 Å². The number of hydrogen-bond acceptors (Lipinski definition) is 4. The topological polar surface area (TPSA) is 58.6 Å². The van der Waals surface area contributed by atoms with Crippen molar-refractivity contribution in [1.82, 2.24) is 10.2 Å². The fourth-order valence-corrected chi connectivity index (χ4v) is 3.45. The van der Waals surface area contributed by atoms with Gasteiger partial charge in [0, 0.05) is 19.2 Å². The molecule has 1 saturated heterocycles. The third kappa shape index (κ3) is 4.04. The van der Waals surface area contributed by atoms with Gasteiger partial charge in [-0.2, -0.15) is 0 Å². The van der Waals surface area contributed by atoms with E-state index in [-0.39, 0.29) is 29.9 Å². The summed E-state index contributed by atoms with van der Waals surface area (Å²) in [6.07, 6.45) is 7.83. The van der Waals surface area contributed by atoms with Crippen molar-refractivity contribution in [2.75, 3.05) is 13.7 Å². The molecule has 1 heterocycles. The van der Waals surface area contributed by atoms with Crippen molar-refractivity contribution in [3.8, 4) is 0 Å². The second-order valence-corrected chi connectivity index (χ2v) is 6.23. The predicted molar refractivity (Wildman–Crippen MR) is 80.8 cm³/mol. The van der Waals surface area contributed by atoms with E-state index in [1.165, 1.54) is 12.8 Å². The van der Waals surface area contributed by atoms with Crippen LogP contribution in [0.15, 0.2) is 0 Å². The number of amides is 2. The molecular formula is C16H28N2O3. The van der Waals surface area contributed by atoms with Crippen molar-refractivity contribution >= 4 is 11.8 Å². The molecule has 2 aliphatic rings. The summed E-state index contributed by atoms with van der Waals surface area (Å²) >= 11 is 0. The van der Waals surface area contributed by atoms with E-state index in [1.54, 1.807) is 12.0 Å². The van der Waals surface area contributed by atoms with Gasteiger partial charge in [0.1, 0.15) is 0 Å². The molecule has 0 radical (unpaired) electrons. The van der Waals surface area contributed by atoms with Crippen LogP contribution >= 0.6 is 0 Å². The largest absolute Gasteiger partial charge is 0.383 e. The van der Waals surface area contributed by atoms with Crippen LogP contribution in [0.1, 0.15) is 58.3 Å². The molecule has 2 amide bonds. The zero-order valence-corrected chi connectivity index (χ0v) is 13.3. The predicted octanol–water partition coefficient (Wildman–Crippen LogP) is 1.85. The Morgan fingerprint density at radius 1 is 1.24 bits per heavy atom. The van der Waals surface area contributed by atoms with Crippen LogP contribution in [-0.2, 0) is 14.3 Å². The Labute approximate surface area is 127 Å². The molecule has 0 aromatic rings. The first kappa shape index (κ1) is 16.4. The zero-order valence-electron chi connectivity index (χ0n) is 13.3. The molecule has 2 atom stereocenters. The van der Waals surface area contributed by atoms with Crippen molar-refractivity contribution in [2.45, 2.75) is 76.4 Å². The minimum absolute atomic E-state index is 0.00308. The molecule has 1 N–H and O–H groups in total. The number of imide groups is 1. The van der Waals surface area contributed by atoms with Crippen LogP contribution in [-0.4, -0.2) is 48.6 Å². The van der Waals surface area contributed by atoms with Crippen LogP contribution < -0.4 is 5.32 Å². The van der Waals surface area contributed by atoms with Crippen molar-refractivity contribution in [3.05, 3.63) is 0 Å². The van der Waals surface area contributed by atoms with Crippen molar-refractivity contribution in [2.24, 2.45) is 0 Å². The minimum atomic E-state index is -0.360. The Kier molecular flexibility index (Phi) is 6.18. The van der Waals surface area contributed by atoms with E-state index < -0.39 is 0 Å². The number of methoxy groups -OCH3 is 1. The highest BCUT2D eigenvalue weighted by Crippen LogP contribution is 2.26. The SMILES string of the molecule is CCC(COC)NC1CC(=O)N(C2CCCCCC2)C1=O. The number of nitrogens with one attached hydrogen (secondary N) is 1. The molecule has 1 aliphatic carbocycles. The zero-order chi connectivity index (χ0) is 15.2. The third-order valence-corrected chi connectivity index (χ3v) is 4.67. The van der Waals surface area contributed by atoms with Gasteiger partial charge in [-0.05, 0) is 19.3 Å². The van der Waals surface area contributed by atoms with Gasteiger partial charge in [0.15, 0.2) is 0 Å². The molecular weight excluding hydrogens is 268 g/mol. The highest BCUT2D eigenvalue weighted by atomic mass is 16.5. The van der Waals surface area contributed by atoms with Gasteiger partial charge in [0.05, 0.1) is 19.1 Å². The summed E-state index contributed by atoms with van der Waals surface area (Å²) in [6.45, 7) is 2.62. The lowest BCUT2D eigenvalue weighted by molar-refractivity contribution is -0.142. The number of carbonyl (C=O) groups is 2. The molecule has 0 aromatic carbocycles. The van der Waals surface area contributed by atoms with Gasteiger partial charge in [0.25, 0.3) is 0 Å². The van der Waals surface area contributed by atoms with E-state index in [9.17, 15) is 9.59 Å². The lowest BCUT2D eigenvalue weighted by atomic mass is 10.1. The maximum absolute atomic E-state index is 12.6. The van der Waals surface area contributed by atoms with Crippen LogP contribution in [0, 0.1) is 0 Å². The molecule has 2 rings (SSSR count). The molecule has 5 nitrogen and oxygen atoms in total. The molecule has 21 heavy (non-hydrogen) atoms. The van der Waals surface area contributed by atoms with Crippen molar-refractivity contribution < 1.29 is 14.3 Å². The molecule has 1 aliphatic heterocycles. The molecule has 5 heteroatoms. The molecule has 0 aromatic heterocycles. The quantitative estimate of drug-likeness (QED) is 0.600. The maximum Gasteiger partial charge on any atom is 0.247 e. The fraction of sp³-hybridized carbons (Fsp3) is 0.875. The van der Waals surface area contributed by atoms with E-state index in [4.69, 9.17) is 4.74 Å². The Morgan fingerprint density at radius 3 is 2.48 bits per heavy atom.